The summed E-state index contributed by atoms with van der Waals surface area (Å²) in [4.78, 5) is 26.2. The van der Waals surface area contributed by atoms with Gasteiger partial charge in [-0.15, -0.1) is 0 Å². The van der Waals surface area contributed by atoms with E-state index < -0.39 is 6.04 Å². The number of carbonyl (C=O) groups excluding carboxylic acids is 2. The van der Waals surface area contributed by atoms with E-state index in [1.807, 2.05) is 49.9 Å². The van der Waals surface area contributed by atoms with Crippen molar-refractivity contribution in [2.75, 3.05) is 19.8 Å². The highest BCUT2D eigenvalue weighted by atomic mass is 32.2. The molecule has 1 atom stereocenters. The molecule has 23 heavy (non-hydrogen) atoms. The lowest BCUT2D eigenvalue weighted by Crippen LogP contribution is -2.46. The number of thioether (sulfide) groups is 1. The van der Waals surface area contributed by atoms with Crippen LogP contribution in [0.2, 0.25) is 0 Å². The predicted molar refractivity (Wildman–Crippen MR) is 97.7 cm³/mol. The molecule has 2 amide bonds. The lowest BCUT2D eigenvalue weighted by atomic mass is 10.0. The number of hydrogen-bond acceptors (Lipinski definition) is 3. The zero-order chi connectivity index (χ0) is 17.4. The number of nitrogens with zero attached hydrogens (tertiary/aromatic N) is 1. The fourth-order valence-electron chi connectivity index (χ4n) is 2.22. The van der Waals surface area contributed by atoms with E-state index in [1.165, 1.54) is 10.5 Å². The quantitative estimate of drug-likeness (QED) is 0.793. The first-order valence-corrected chi connectivity index (χ1v) is 9.19. The van der Waals surface area contributed by atoms with Gasteiger partial charge in [-0.1, -0.05) is 32.9 Å². The van der Waals surface area contributed by atoms with E-state index in [2.05, 4.69) is 12.2 Å². The fourth-order valence-corrected chi connectivity index (χ4v) is 2.85. The average molecular weight is 337 g/mol. The number of likely N-dealkylation sites (N-methyl/N-ethyl adjacent to an activating group) is 1. The Kier molecular flexibility index (Phi) is 8.17. The maximum Gasteiger partial charge on any atom is 0.251 e. The lowest BCUT2D eigenvalue weighted by molar-refractivity contribution is -0.131. The van der Waals surface area contributed by atoms with Gasteiger partial charge in [0, 0.05) is 25.4 Å². The van der Waals surface area contributed by atoms with Crippen molar-refractivity contribution in [2.24, 2.45) is 5.92 Å². The van der Waals surface area contributed by atoms with Crippen LogP contribution in [0.5, 0.6) is 0 Å². The van der Waals surface area contributed by atoms with Crippen molar-refractivity contribution in [3.8, 4) is 0 Å². The molecule has 0 heterocycles. The van der Waals surface area contributed by atoms with Crippen molar-refractivity contribution in [3.63, 3.8) is 0 Å². The van der Waals surface area contributed by atoms with Crippen molar-refractivity contribution in [1.82, 2.24) is 10.2 Å². The zero-order valence-electron chi connectivity index (χ0n) is 14.8. The van der Waals surface area contributed by atoms with Crippen LogP contribution in [-0.2, 0) is 10.5 Å². The number of nitrogens with one attached hydrogen (secondary N) is 1. The Labute approximate surface area is 144 Å². The van der Waals surface area contributed by atoms with Gasteiger partial charge in [-0.05, 0) is 35.8 Å². The number of benzene rings is 1. The third-order valence-electron chi connectivity index (χ3n) is 3.44. The molecule has 0 aliphatic carbocycles. The minimum Gasteiger partial charge on any atom is -0.347 e. The molecule has 0 aliphatic rings. The molecule has 0 fully saturated rings. The van der Waals surface area contributed by atoms with Gasteiger partial charge in [0.2, 0.25) is 5.91 Å². The van der Waals surface area contributed by atoms with Crippen molar-refractivity contribution >= 4 is 23.6 Å². The maximum atomic E-state index is 12.4. The SMILES string of the molecule is CCSCc1ccc(C(=O)N[C@H](CC(C)C)C(=O)N(C)C)cc1. The summed E-state index contributed by atoms with van der Waals surface area (Å²) < 4.78 is 0. The summed E-state index contributed by atoms with van der Waals surface area (Å²) in [6.07, 6.45) is 0.633. The van der Waals surface area contributed by atoms with Gasteiger partial charge in [0.25, 0.3) is 5.91 Å². The van der Waals surface area contributed by atoms with Gasteiger partial charge in [0.15, 0.2) is 0 Å². The normalized spacial score (nSPS) is 12.1. The van der Waals surface area contributed by atoms with Crippen LogP contribution >= 0.6 is 11.8 Å². The zero-order valence-corrected chi connectivity index (χ0v) is 15.6. The van der Waals surface area contributed by atoms with Crippen molar-refractivity contribution < 1.29 is 9.59 Å². The smallest absolute Gasteiger partial charge is 0.251 e. The van der Waals surface area contributed by atoms with Crippen molar-refractivity contribution in [1.29, 1.82) is 0 Å². The molecule has 0 aliphatic heterocycles. The van der Waals surface area contributed by atoms with Gasteiger partial charge in [-0.2, -0.15) is 11.8 Å². The molecule has 1 aromatic rings. The van der Waals surface area contributed by atoms with E-state index in [4.69, 9.17) is 0 Å². The van der Waals surface area contributed by atoms with E-state index in [0.717, 1.165) is 11.5 Å². The van der Waals surface area contributed by atoms with E-state index >= 15 is 0 Å². The highest BCUT2D eigenvalue weighted by molar-refractivity contribution is 7.98. The van der Waals surface area contributed by atoms with Crippen LogP contribution in [0.1, 0.15) is 43.1 Å². The minimum atomic E-state index is -0.479. The predicted octanol–water partition coefficient (Wildman–Crippen LogP) is 3.17. The highest BCUT2D eigenvalue weighted by Crippen LogP contribution is 2.13. The minimum absolute atomic E-state index is 0.0667. The maximum absolute atomic E-state index is 12.4. The van der Waals surface area contributed by atoms with E-state index in [-0.39, 0.29) is 11.8 Å². The van der Waals surface area contributed by atoms with E-state index in [0.29, 0.717) is 17.9 Å². The summed E-state index contributed by atoms with van der Waals surface area (Å²) in [5.74, 6) is 2.10. The Morgan fingerprint density at radius 1 is 1.17 bits per heavy atom. The van der Waals surface area contributed by atoms with Gasteiger partial charge in [0.1, 0.15) is 6.04 Å². The Hall–Kier alpha value is -1.49. The topological polar surface area (TPSA) is 49.4 Å². The molecule has 0 saturated heterocycles. The summed E-state index contributed by atoms with van der Waals surface area (Å²) in [5.41, 5.74) is 1.80. The summed E-state index contributed by atoms with van der Waals surface area (Å²) in [5, 5.41) is 2.87. The molecule has 0 saturated carbocycles. The van der Waals surface area contributed by atoms with Crippen molar-refractivity contribution in [3.05, 3.63) is 35.4 Å². The van der Waals surface area contributed by atoms with Gasteiger partial charge < -0.3 is 10.2 Å². The molecule has 4 nitrogen and oxygen atoms in total. The first-order valence-electron chi connectivity index (χ1n) is 8.03. The molecule has 0 bridgehead atoms. The molecule has 1 rings (SSSR count). The molecular weight excluding hydrogens is 308 g/mol. The number of amides is 2. The number of rotatable bonds is 8. The average Bonchev–Trinajstić information content (AvgIpc) is 2.51. The molecule has 1 aromatic carbocycles. The Morgan fingerprint density at radius 3 is 2.26 bits per heavy atom. The second kappa shape index (κ2) is 9.60. The van der Waals surface area contributed by atoms with Crippen LogP contribution in [0.4, 0.5) is 0 Å². The number of carbonyl (C=O) groups is 2. The van der Waals surface area contributed by atoms with Gasteiger partial charge >= 0.3 is 0 Å². The van der Waals surface area contributed by atoms with Gasteiger partial charge in [0.05, 0.1) is 0 Å². The molecule has 5 heteroatoms. The first kappa shape index (κ1) is 19.6. The van der Waals surface area contributed by atoms with Crippen LogP contribution in [0, 0.1) is 5.92 Å². The van der Waals surface area contributed by atoms with E-state index in [9.17, 15) is 9.59 Å². The highest BCUT2D eigenvalue weighted by Gasteiger charge is 2.23. The van der Waals surface area contributed by atoms with Crippen LogP contribution in [0.3, 0.4) is 0 Å². The van der Waals surface area contributed by atoms with Crippen LogP contribution in [-0.4, -0.2) is 42.6 Å². The molecule has 0 aromatic heterocycles. The molecule has 0 spiro atoms. The van der Waals surface area contributed by atoms with Crippen LogP contribution in [0.15, 0.2) is 24.3 Å². The Morgan fingerprint density at radius 2 is 1.78 bits per heavy atom. The second-order valence-electron chi connectivity index (χ2n) is 6.22. The van der Waals surface area contributed by atoms with Gasteiger partial charge in [-0.3, -0.25) is 9.59 Å². The van der Waals surface area contributed by atoms with Gasteiger partial charge in [-0.25, -0.2) is 0 Å². The molecule has 0 unspecified atom stereocenters. The largest absolute Gasteiger partial charge is 0.347 e. The lowest BCUT2D eigenvalue weighted by Gasteiger charge is -2.23. The molecule has 1 N–H and O–H groups in total. The summed E-state index contributed by atoms with van der Waals surface area (Å²) in [6.45, 7) is 6.22. The Balaban J connectivity index is 2.75. The first-order chi connectivity index (χ1) is 10.8. The molecular formula is C18H28N2O2S. The monoisotopic (exact) mass is 336 g/mol. The number of hydrogen-bond donors (Lipinski definition) is 1. The van der Waals surface area contributed by atoms with Crippen LogP contribution in [0.25, 0.3) is 0 Å². The Bertz CT molecular complexity index is 512. The van der Waals surface area contributed by atoms with Crippen LogP contribution < -0.4 is 5.32 Å². The fraction of sp³-hybridized carbons (Fsp3) is 0.556. The second-order valence-corrected chi connectivity index (χ2v) is 7.50. The molecule has 0 radical (unpaired) electrons. The van der Waals surface area contributed by atoms with Crippen molar-refractivity contribution in [2.45, 2.75) is 39.0 Å². The standard InChI is InChI=1S/C18H28N2O2S/c1-6-23-12-14-7-9-15(10-8-14)17(21)19-16(11-13(2)3)18(22)20(4)5/h7-10,13,16H,6,11-12H2,1-5H3,(H,19,21)/t16-/m1/s1. The molecule has 128 valence electrons. The van der Waals surface area contributed by atoms with E-state index in [1.54, 1.807) is 14.1 Å². The third-order valence-corrected chi connectivity index (χ3v) is 4.39. The summed E-state index contributed by atoms with van der Waals surface area (Å²) in [6, 6.07) is 7.12. The summed E-state index contributed by atoms with van der Waals surface area (Å²) in [7, 11) is 3.42. The summed E-state index contributed by atoms with van der Waals surface area (Å²) >= 11 is 1.85. The third kappa shape index (κ3) is 6.65.